The molecule has 1 aromatic carbocycles. The van der Waals surface area contributed by atoms with Crippen LogP contribution in [-0.4, -0.2) is 63.1 Å². The van der Waals surface area contributed by atoms with E-state index in [1.165, 1.54) is 11.9 Å². The molecule has 0 saturated carbocycles. The Labute approximate surface area is 180 Å². The lowest BCUT2D eigenvalue weighted by atomic mass is 9.80. The first-order valence-electron chi connectivity index (χ1n) is 10.9. The van der Waals surface area contributed by atoms with E-state index in [2.05, 4.69) is 32.4 Å². The standard InChI is InChI=1S/C17H24N2O2.C6H5N3O/c20-14-7-10-19(11-8-14)17(21)15-6-9-18-12-16(15)13-4-2-1-3-5-13;10-6-4-1-2-7-5(4)8-3-9-6/h1-5,14-16,18,20H,6-12H2;1-3H,(H2,7,8,9,10)/t15-,16+;/m1./s1. The molecule has 0 aliphatic carbocycles. The van der Waals surface area contributed by atoms with Crippen molar-refractivity contribution in [3.63, 3.8) is 0 Å². The van der Waals surface area contributed by atoms with E-state index < -0.39 is 0 Å². The van der Waals surface area contributed by atoms with E-state index >= 15 is 0 Å². The number of aliphatic hydroxyl groups is 1. The molecular weight excluding hydrogens is 394 g/mol. The van der Waals surface area contributed by atoms with Crippen LogP contribution in [0.1, 0.15) is 30.7 Å². The van der Waals surface area contributed by atoms with E-state index in [1.54, 1.807) is 12.3 Å². The number of aliphatic hydroxyl groups excluding tert-OH is 1. The van der Waals surface area contributed by atoms with Gasteiger partial charge in [0.1, 0.15) is 5.65 Å². The van der Waals surface area contributed by atoms with Gasteiger partial charge in [-0.2, -0.15) is 0 Å². The number of likely N-dealkylation sites (tertiary alicyclic amines) is 1. The van der Waals surface area contributed by atoms with Gasteiger partial charge in [-0.05, 0) is 37.4 Å². The number of hydrogen-bond donors (Lipinski definition) is 4. The van der Waals surface area contributed by atoms with Crippen molar-refractivity contribution in [3.05, 3.63) is 64.8 Å². The van der Waals surface area contributed by atoms with Crippen LogP contribution in [0.15, 0.2) is 53.7 Å². The van der Waals surface area contributed by atoms with E-state index in [-0.39, 0.29) is 29.4 Å². The molecule has 164 valence electrons. The summed E-state index contributed by atoms with van der Waals surface area (Å²) in [6.07, 6.45) is 5.16. The first-order chi connectivity index (χ1) is 15.1. The normalized spacial score (nSPS) is 22.0. The van der Waals surface area contributed by atoms with Gasteiger partial charge in [-0.25, -0.2) is 4.98 Å². The number of carbonyl (C=O) groups is 1. The van der Waals surface area contributed by atoms with Crippen LogP contribution in [0.25, 0.3) is 11.0 Å². The van der Waals surface area contributed by atoms with Crippen LogP contribution in [0.2, 0.25) is 0 Å². The fourth-order valence-electron chi connectivity index (χ4n) is 4.41. The fraction of sp³-hybridized carbons (Fsp3) is 0.435. The Morgan fingerprint density at radius 1 is 1.06 bits per heavy atom. The Kier molecular flexibility index (Phi) is 6.79. The number of benzene rings is 1. The number of aromatic nitrogens is 3. The molecule has 5 rings (SSSR count). The van der Waals surface area contributed by atoms with Crippen LogP contribution >= 0.6 is 0 Å². The summed E-state index contributed by atoms with van der Waals surface area (Å²) < 4.78 is 0. The first-order valence-corrected chi connectivity index (χ1v) is 10.9. The molecule has 31 heavy (non-hydrogen) atoms. The van der Waals surface area contributed by atoms with Crippen LogP contribution in [0.4, 0.5) is 0 Å². The smallest absolute Gasteiger partial charge is 0.260 e. The molecule has 2 atom stereocenters. The highest BCUT2D eigenvalue weighted by Crippen LogP contribution is 2.31. The van der Waals surface area contributed by atoms with Crippen LogP contribution in [0, 0.1) is 5.92 Å². The minimum absolute atomic E-state index is 0.0730. The molecule has 0 bridgehead atoms. The third-order valence-corrected chi connectivity index (χ3v) is 6.16. The molecule has 2 aromatic heterocycles. The lowest BCUT2D eigenvalue weighted by Gasteiger charge is -2.37. The highest BCUT2D eigenvalue weighted by molar-refractivity contribution is 5.80. The summed E-state index contributed by atoms with van der Waals surface area (Å²) in [5.74, 6) is 0.612. The van der Waals surface area contributed by atoms with Gasteiger partial charge in [0, 0.05) is 37.7 Å². The van der Waals surface area contributed by atoms with Crippen LogP contribution < -0.4 is 10.9 Å². The molecule has 0 radical (unpaired) electrons. The number of H-pyrrole nitrogens is 2. The van der Waals surface area contributed by atoms with E-state index in [4.69, 9.17) is 0 Å². The number of piperidine rings is 2. The predicted molar refractivity (Wildman–Crippen MR) is 119 cm³/mol. The number of hydrogen-bond acceptors (Lipinski definition) is 5. The maximum absolute atomic E-state index is 12.9. The second kappa shape index (κ2) is 9.89. The zero-order valence-electron chi connectivity index (χ0n) is 17.5. The topological polar surface area (TPSA) is 114 Å². The Morgan fingerprint density at radius 2 is 1.84 bits per heavy atom. The highest BCUT2D eigenvalue weighted by Gasteiger charge is 2.35. The summed E-state index contributed by atoms with van der Waals surface area (Å²) in [7, 11) is 0. The van der Waals surface area contributed by atoms with Gasteiger partial charge in [0.2, 0.25) is 5.91 Å². The number of nitrogens with one attached hydrogen (secondary N) is 3. The molecule has 0 unspecified atom stereocenters. The van der Waals surface area contributed by atoms with Crippen molar-refractivity contribution >= 4 is 16.9 Å². The van der Waals surface area contributed by atoms with Gasteiger partial charge in [-0.15, -0.1) is 0 Å². The Bertz CT molecular complexity index is 1040. The molecular formula is C23H29N5O3. The largest absolute Gasteiger partial charge is 0.393 e. The number of nitrogens with zero attached hydrogens (tertiary/aromatic N) is 2. The van der Waals surface area contributed by atoms with E-state index in [9.17, 15) is 14.7 Å². The SMILES string of the molecule is O=C([C@@H]1CCNC[C@H]1c1ccccc1)N1CCC(O)CC1.O=c1[nH]cnc2[nH]ccc12. The van der Waals surface area contributed by atoms with E-state index in [1.807, 2.05) is 23.1 Å². The molecule has 4 N–H and O–H groups in total. The molecule has 2 aliphatic heterocycles. The van der Waals surface area contributed by atoms with Crippen LogP contribution in [-0.2, 0) is 4.79 Å². The molecule has 2 fully saturated rings. The zero-order chi connectivity index (χ0) is 21.6. The minimum atomic E-state index is -0.230. The number of amides is 1. The molecule has 1 amide bonds. The first kappa shape index (κ1) is 21.3. The number of carbonyl (C=O) groups excluding carboxylic acids is 1. The molecule has 8 nitrogen and oxygen atoms in total. The number of fused-ring (bicyclic) bond motifs is 1. The Balaban J connectivity index is 0.000000192. The van der Waals surface area contributed by atoms with Gasteiger partial charge < -0.3 is 25.3 Å². The molecule has 4 heterocycles. The van der Waals surface area contributed by atoms with Gasteiger partial charge in [0.25, 0.3) is 5.56 Å². The highest BCUT2D eigenvalue weighted by atomic mass is 16.3. The van der Waals surface area contributed by atoms with Crippen molar-refractivity contribution in [1.29, 1.82) is 0 Å². The van der Waals surface area contributed by atoms with Gasteiger partial charge >= 0.3 is 0 Å². The maximum Gasteiger partial charge on any atom is 0.260 e. The summed E-state index contributed by atoms with van der Waals surface area (Å²) in [6, 6.07) is 12.0. The molecule has 2 aliphatic rings. The summed E-state index contributed by atoms with van der Waals surface area (Å²) in [4.78, 5) is 34.9. The second-order valence-electron chi connectivity index (χ2n) is 8.14. The van der Waals surface area contributed by atoms with Crippen molar-refractivity contribution in [2.45, 2.75) is 31.3 Å². The van der Waals surface area contributed by atoms with E-state index in [0.717, 1.165) is 19.5 Å². The second-order valence-corrected chi connectivity index (χ2v) is 8.14. The van der Waals surface area contributed by atoms with Crippen molar-refractivity contribution in [3.8, 4) is 0 Å². The van der Waals surface area contributed by atoms with Gasteiger partial charge in [-0.1, -0.05) is 30.3 Å². The summed E-state index contributed by atoms with van der Waals surface area (Å²) >= 11 is 0. The van der Waals surface area contributed by atoms with Crippen LogP contribution in [0.5, 0.6) is 0 Å². The van der Waals surface area contributed by atoms with Crippen molar-refractivity contribution in [2.75, 3.05) is 26.2 Å². The minimum Gasteiger partial charge on any atom is -0.393 e. The third-order valence-electron chi connectivity index (χ3n) is 6.16. The molecule has 3 aromatic rings. The quantitative estimate of drug-likeness (QED) is 0.500. The zero-order valence-corrected chi connectivity index (χ0v) is 17.5. The molecule has 8 heteroatoms. The number of aromatic amines is 2. The molecule has 0 spiro atoms. The average Bonchev–Trinajstić information content (AvgIpc) is 3.31. The third kappa shape index (κ3) is 5.03. The van der Waals surface area contributed by atoms with Gasteiger partial charge in [0.15, 0.2) is 0 Å². The Morgan fingerprint density at radius 3 is 2.58 bits per heavy atom. The fourth-order valence-corrected chi connectivity index (χ4v) is 4.41. The summed E-state index contributed by atoms with van der Waals surface area (Å²) in [5.41, 5.74) is 1.77. The van der Waals surface area contributed by atoms with Gasteiger partial charge in [0.05, 0.1) is 17.8 Å². The lowest BCUT2D eigenvalue weighted by molar-refractivity contribution is -0.139. The summed E-state index contributed by atoms with van der Waals surface area (Å²) in [5, 5.41) is 13.6. The number of rotatable bonds is 2. The van der Waals surface area contributed by atoms with Crippen LogP contribution in [0.3, 0.4) is 0 Å². The predicted octanol–water partition coefficient (Wildman–Crippen LogP) is 1.61. The van der Waals surface area contributed by atoms with Crippen molar-refractivity contribution < 1.29 is 9.90 Å². The monoisotopic (exact) mass is 423 g/mol. The van der Waals surface area contributed by atoms with E-state index in [0.29, 0.717) is 37.0 Å². The lowest BCUT2D eigenvalue weighted by Crippen LogP contribution is -2.48. The van der Waals surface area contributed by atoms with Gasteiger partial charge in [-0.3, -0.25) is 9.59 Å². The summed E-state index contributed by atoms with van der Waals surface area (Å²) in [6.45, 7) is 3.18. The van der Waals surface area contributed by atoms with Crippen molar-refractivity contribution in [1.82, 2.24) is 25.2 Å². The average molecular weight is 424 g/mol. The van der Waals surface area contributed by atoms with Crippen molar-refractivity contribution in [2.24, 2.45) is 5.92 Å². The maximum atomic E-state index is 12.9. The molecule has 2 saturated heterocycles. The Hall–Kier alpha value is -2.97.